The Morgan fingerprint density at radius 3 is 2.53 bits per heavy atom. The molecule has 1 aliphatic heterocycles. The summed E-state index contributed by atoms with van der Waals surface area (Å²) in [5, 5.41) is 0.383. The maximum Gasteiger partial charge on any atom is 0.168 e. The van der Waals surface area contributed by atoms with Gasteiger partial charge in [0.1, 0.15) is 6.10 Å². The Hall–Kier alpha value is -0.440. The first-order chi connectivity index (χ1) is 6.99. The fourth-order valence-electron chi connectivity index (χ4n) is 2.01. The Morgan fingerprint density at radius 1 is 1.47 bits per heavy atom. The van der Waals surface area contributed by atoms with E-state index in [2.05, 4.69) is 20.1 Å². The molecule has 15 heavy (non-hydrogen) atoms. The third-order valence-electron chi connectivity index (χ3n) is 2.95. The second-order valence-electron chi connectivity index (χ2n) is 4.50. The molecule has 0 saturated carbocycles. The predicted molar refractivity (Wildman–Crippen MR) is 64.9 cm³/mol. The SMILES string of the molecule is CS[C@@H](C(C)C)[C@@H]1OC=C(C)C(=O)[C@H]1C. The van der Waals surface area contributed by atoms with E-state index in [1.165, 1.54) is 0 Å². The Kier molecular flexibility index (Phi) is 4.26. The number of Topliss-reactive ketones (excluding diaryl/α,β-unsaturated/α-hetero) is 1. The predicted octanol–water partition coefficient (Wildman–Crippen LogP) is 2.88. The van der Waals surface area contributed by atoms with Crippen molar-refractivity contribution in [2.45, 2.75) is 39.0 Å². The van der Waals surface area contributed by atoms with Crippen molar-refractivity contribution in [2.24, 2.45) is 11.8 Å². The summed E-state index contributed by atoms with van der Waals surface area (Å²) in [5.74, 6) is 0.729. The number of hydrogen-bond acceptors (Lipinski definition) is 3. The lowest BCUT2D eigenvalue weighted by molar-refractivity contribution is -0.124. The van der Waals surface area contributed by atoms with Crippen LogP contribution in [0.25, 0.3) is 0 Å². The first-order valence-electron chi connectivity index (χ1n) is 5.38. The van der Waals surface area contributed by atoms with Crippen molar-refractivity contribution in [3.05, 3.63) is 11.8 Å². The Morgan fingerprint density at radius 2 is 2.07 bits per heavy atom. The molecular formula is C12H20O2S. The molecule has 3 atom stereocenters. The minimum Gasteiger partial charge on any atom is -0.496 e. The highest BCUT2D eigenvalue weighted by Crippen LogP contribution is 2.31. The summed E-state index contributed by atoms with van der Waals surface area (Å²) < 4.78 is 5.68. The summed E-state index contributed by atoms with van der Waals surface area (Å²) >= 11 is 1.79. The van der Waals surface area contributed by atoms with Crippen LogP contribution in [0.3, 0.4) is 0 Å². The highest BCUT2D eigenvalue weighted by atomic mass is 32.2. The second kappa shape index (κ2) is 5.06. The second-order valence-corrected chi connectivity index (χ2v) is 5.51. The molecule has 0 fully saturated rings. The molecule has 0 aromatic heterocycles. The molecule has 0 N–H and O–H groups in total. The van der Waals surface area contributed by atoms with Crippen LogP contribution < -0.4 is 0 Å². The van der Waals surface area contributed by atoms with E-state index in [0.717, 1.165) is 5.57 Å². The highest BCUT2D eigenvalue weighted by Gasteiger charge is 2.36. The molecule has 0 radical (unpaired) electrons. The van der Waals surface area contributed by atoms with Gasteiger partial charge < -0.3 is 4.74 Å². The molecule has 3 heteroatoms. The Bertz CT molecular complexity index is 271. The van der Waals surface area contributed by atoms with Gasteiger partial charge in [-0.05, 0) is 19.1 Å². The van der Waals surface area contributed by atoms with E-state index < -0.39 is 0 Å². The van der Waals surface area contributed by atoms with Crippen LogP contribution in [0.15, 0.2) is 11.8 Å². The maximum atomic E-state index is 11.8. The average molecular weight is 228 g/mol. The molecule has 1 rings (SSSR count). The monoisotopic (exact) mass is 228 g/mol. The third-order valence-corrected chi connectivity index (χ3v) is 4.31. The Labute approximate surface area is 96.5 Å². The number of allylic oxidation sites excluding steroid dienone is 1. The molecule has 2 nitrogen and oxygen atoms in total. The fraction of sp³-hybridized carbons (Fsp3) is 0.750. The molecular weight excluding hydrogens is 208 g/mol. The van der Waals surface area contributed by atoms with Crippen molar-refractivity contribution in [1.82, 2.24) is 0 Å². The van der Waals surface area contributed by atoms with E-state index in [1.807, 2.05) is 13.8 Å². The van der Waals surface area contributed by atoms with Gasteiger partial charge in [0.2, 0.25) is 0 Å². The van der Waals surface area contributed by atoms with Gasteiger partial charge in [0.25, 0.3) is 0 Å². The topological polar surface area (TPSA) is 26.3 Å². The zero-order valence-electron chi connectivity index (χ0n) is 10.1. The van der Waals surface area contributed by atoms with E-state index >= 15 is 0 Å². The molecule has 1 heterocycles. The van der Waals surface area contributed by atoms with E-state index in [4.69, 9.17) is 4.74 Å². The van der Waals surface area contributed by atoms with Crippen molar-refractivity contribution in [3.8, 4) is 0 Å². The van der Waals surface area contributed by atoms with E-state index in [9.17, 15) is 4.79 Å². The fourth-order valence-corrected chi connectivity index (χ4v) is 3.12. The largest absolute Gasteiger partial charge is 0.496 e. The average Bonchev–Trinajstić information content (AvgIpc) is 2.18. The first kappa shape index (κ1) is 12.6. The van der Waals surface area contributed by atoms with Crippen molar-refractivity contribution in [2.75, 3.05) is 6.26 Å². The minimum absolute atomic E-state index is 0.0187. The molecule has 0 unspecified atom stereocenters. The van der Waals surface area contributed by atoms with Crippen LogP contribution in [0.4, 0.5) is 0 Å². The van der Waals surface area contributed by atoms with Gasteiger partial charge in [0.05, 0.1) is 12.2 Å². The summed E-state index contributed by atoms with van der Waals surface area (Å²) in [4.78, 5) is 11.8. The number of thioether (sulfide) groups is 1. The van der Waals surface area contributed by atoms with Crippen LogP contribution in [0.5, 0.6) is 0 Å². The van der Waals surface area contributed by atoms with Crippen LogP contribution in [-0.2, 0) is 9.53 Å². The smallest absolute Gasteiger partial charge is 0.168 e. The van der Waals surface area contributed by atoms with Gasteiger partial charge in [-0.3, -0.25) is 4.79 Å². The van der Waals surface area contributed by atoms with Crippen LogP contribution in [-0.4, -0.2) is 23.4 Å². The summed E-state index contributed by atoms with van der Waals surface area (Å²) in [7, 11) is 0. The number of rotatable bonds is 3. The van der Waals surface area contributed by atoms with Crippen molar-refractivity contribution < 1.29 is 9.53 Å². The van der Waals surface area contributed by atoms with Gasteiger partial charge in [-0.25, -0.2) is 0 Å². The molecule has 86 valence electrons. The summed E-state index contributed by atoms with van der Waals surface area (Å²) in [6, 6.07) is 0. The first-order valence-corrected chi connectivity index (χ1v) is 6.67. The van der Waals surface area contributed by atoms with Crippen LogP contribution in [0, 0.1) is 11.8 Å². The Balaban J connectivity index is 2.84. The normalized spacial score (nSPS) is 28.7. The molecule has 0 bridgehead atoms. The molecule has 0 amide bonds. The lowest BCUT2D eigenvalue weighted by atomic mass is 9.88. The lowest BCUT2D eigenvalue weighted by Crippen LogP contribution is -2.41. The van der Waals surface area contributed by atoms with Crippen LogP contribution in [0.2, 0.25) is 0 Å². The highest BCUT2D eigenvalue weighted by molar-refractivity contribution is 7.99. The van der Waals surface area contributed by atoms with Crippen molar-refractivity contribution in [3.63, 3.8) is 0 Å². The number of ketones is 1. The van der Waals surface area contributed by atoms with Gasteiger partial charge >= 0.3 is 0 Å². The van der Waals surface area contributed by atoms with Gasteiger partial charge in [0.15, 0.2) is 5.78 Å². The zero-order valence-corrected chi connectivity index (χ0v) is 10.9. The lowest BCUT2D eigenvalue weighted by Gasteiger charge is -2.34. The molecule has 0 aliphatic carbocycles. The molecule has 0 spiro atoms. The van der Waals surface area contributed by atoms with E-state index in [-0.39, 0.29) is 17.8 Å². The third kappa shape index (κ3) is 2.57. The standard InChI is InChI=1S/C12H20O2S/c1-7(2)12(15-5)11-9(4)10(13)8(3)6-14-11/h6-7,9,11-12H,1-5H3/t9-,11-,12+/m1/s1. The molecule has 0 saturated heterocycles. The van der Waals surface area contributed by atoms with E-state index in [1.54, 1.807) is 18.0 Å². The van der Waals surface area contributed by atoms with Gasteiger partial charge in [0, 0.05) is 10.8 Å². The van der Waals surface area contributed by atoms with Gasteiger partial charge in [-0.1, -0.05) is 20.8 Å². The number of ether oxygens (including phenoxy) is 1. The molecule has 0 aromatic carbocycles. The van der Waals surface area contributed by atoms with E-state index in [0.29, 0.717) is 11.2 Å². The van der Waals surface area contributed by atoms with Crippen molar-refractivity contribution >= 4 is 17.5 Å². The van der Waals surface area contributed by atoms with Gasteiger partial charge in [-0.15, -0.1) is 0 Å². The number of carbonyl (C=O) groups excluding carboxylic acids is 1. The van der Waals surface area contributed by atoms with Crippen LogP contribution >= 0.6 is 11.8 Å². The summed E-state index contributed by atoms with van der Waals surface area (Å²) in [5.41, 5.74) is 0.738. The quantitative estimate of drug-likeness (QED) is 0.743. The molecule has 0 aromatic rings. The van der Waals surface area contributed by atoms with Crippen LogP contribution in [0.1, 0.15) is 27.7 Å². The number of hydrogen-bond donors (Lipinski definition) is 0. The van der Waals surface area contributed by atoms with Crippen molar-refractivity contribution in [1.29, 1.82) is 0 Å². The summed E-state index contributed by atoms with van der Waals surface area (Å²) in [6.07, 6.45) is 3.73. The minimum atomic E-state index is -0.0187. The zero-order chi connectivity index (χ0) is 11.6. The number of carbonyl (C=O) groups is 1. The maximum absolute atomic E-state index is 11.8. The van der Waals surface area contributed by atoms with Gasteiger partial charge in [-0.2, -0.15) is 11.8 Å². The summed E-state index contributed by atoms with van der Waals surface area (Å²) in [6.45, 7) is 8.13. The molecule has 1 aliphatic rings.